The summed E-state index contributed by atoms with van der Waals surface area (Å²) in [4.78, 5) is 10.1. The molecule has 1 aliphatic rings. The molecule has 2 aromatic heterocycles. The third kappa shape index (κ3) is 3.03. The number of thiophene rings is 1. The van der Waals surface area contributed by atoms with Gasteiger partial charge in [-0.3, -0.25) is 0 Å². The van der Waals surface area contributed by atoms with Crippen LogP contribution in [0.25, 0.3) is 0 Å². The molecule has 20 heavy (non-hydrogen) atoms. The van der Waals surface area contributed by atoms with Crippen molar-refractivity contribution in [3.63, 3.8) is 0 Å². The van der Waals surface area contributed by atoms with Gasteiger partial charge >= 0.3 is 0 Å². The first-order valence-corrected chi connectivity index (χ1v) is 7.72. The van der Waals surface area contributed by atoms with Crippen LogP contribution in [0.2, 0.25) is 4.34 Å². The van der Waals surface area contributed by atoms with Crippen LogP contribution >= 0.6 is 22.9 Å². The minimum absolute atomic E-state index is 0.139. The highest BCUT2D eigenvalue weighted by Gasteiger charge is 2.27. The summed E-state index contributed by atoms with van der Waals surface area (Å²) in [7, 11) is 0. The van der Waals surface area contributed by atoms with E-state index >= 15 is 0 Å². The smallest absolute Gasteiger partial charge is 0.145 e. The summed E-state index contributed by atoms with van der Waals surface area (Å²) in [6.07, 6.45) is 2.31. The van der Waals surface area contributed by atoms with E-state index in [2.05, 4.69) is 27.6 Å². The molecule has 2 heterocycles. The van der Waals surface area contributed by atoms with Gasteiger partial charge in [0.1, 0.15) is 17.5 Å². The minimum atomic E-state index is 0.139. The number of rotatable bonds is 5. The lowest BCUT2D eigenvalue weighted by Crippen LogP contribution is -2.13. The summed E-state index contributed by atoms with van der Waals surface area (Å²) in [6.45, 7) is 2.08. The van der Waals surface area contributed by atoms with Crippen molar-refractivity contribution in [1.29, 1.82) is 0 Å². The predicted octanol–water partition coefficient (Wildman–Crippen LogP) is 3.53. The van der Waals surface area contributed by atoms with Crippen LogP contribution in [-0.2, 0) is 0 Å². The number of halogens is 1. The van der Waals surface area contributed by atoms with Gasteiger partial charge < -0.3 is 10.7 Å². The molecule has 0 saturated heterocycles. The zero-order valence-corrected chi connectivity index (χ0v) is 12.6. The fourth-order valence-corrected chi connectivity index (χ4v) is 3.06. The van der Waals surface area contributed by atoms with Gasteiger partial charge in [-0.15, -0.1) is 11.3 Å². The van der Waals surface area contributed by atoms with Crippen LogP contribution in [0.3, 0.4) is 0 Å². The van der Waals surface area contributed by atoms with E-state index in [-0.39, 0.29) is 6.04 Å². The van der Waals surface area contributed by atoms with Crippen LogP contribution in [-0.4, -0.2) is 9.97 Å². The molecule has 0 radical (unpaired) electrons. The fraction of sp³-hybridized carbons (Fsp3) is 0.385. The lowest BCUT2D eigenvalue weighted by molar-refractivity contribution is 0.868. The molecular weight excluding hydrogens is 294 g/mol. The Kier molecular flexibility index (Phi) is 3.78. The van der Waals surface area contributed by atoms with E-state index < -0.39 is 0 Å². The molecule has 3 rings (SSSR count). The average molecular weight is 310 g/mol. The molecule has 5 nitrogen and oxygen atoms in total. The normalized spacial score (nSPS) is 15.9. The van der Waals surface area contributed by atoms with Crippen molar-refractivity contribution in [3.8, 4) is 0 Å². The lowest BCUT2D eigenvalue weighted by Gasteiger charge is -2.14. The Labute approximate surface area is 126 Å². The van der Waals surface area contributed by atoms with Crippen molar-refractivity contribution in [1.82, 2.24) is 9.97 Å². The van der Waals surface area contributed by atoms with E-state index in [4.69, 9.17) is 17.4 Å². The second kappa shape index (κ2) is 5.55. The Morgan fingerprint density at radius 1 is 1.35 bits per heavy atom. The summed E-state index contributed by atoms with van der Waals surface area (Å²) in [5.41, 5.74) is 2.60. The summed E-state index contributed by atoms with van der Waals surface area (Å²) in [5, 5.41) is 3.37. The van der Waals surface area contributed by atoms with Gasteiger partial charge in [0.2, 0.25) is 0 Å². The van der Waals surface area contributed by atoms with Gasteiger partial charge in [0.15, 0.2) is 0 Å². The van der Waals surface area contributed by atoms with Gasteiger partial charge in [-0.25, -0.2) is 15.8 Å². The van der Waals surface area contributed by atoms with Gasteiger partial charge in [-0.2, -0.15) is 0 Å². The molecule has 106 valence electrons. The highest BCUT2D eigenvalue weighted by atomic mass is 35.5. The summed E-state index contributed by atoms with van der Waals surface area (Å²) >= 11 is 7.54. The van der Waals surface area contributed by atoms with Crippen LogP contribution in [0.15, 0.2) is 18.2 Å². The van der Waals surface area contributed by atoms with Gasteiger partial charge in [0.05, 0.1) is 10.4 Å². The molecule has 2 aromatic rings. The molecule has 0 aromatic carbocycles. The van der Waals surface area contributed by atoms with Crippen LogP contribution in [0, 0.1) is 0 Å². The first kappa shape index (κ1) is 13.6. The number of anilines is 2. The van der Waals surface area contributed by atoms with Crippen molar-refractivity contribution >= 4 is 34.6 Å². The van der Waals surface area contributed by atoms with Crippen molar-refractivity contribution < 1.29 is 0 Å². The Morgan fingerprint density at radius 2 is 2.10 bits per heavy atom. The molecule has 0 spiro atoms. The predicted molar refractivity (Wildman–Crippen MR) is 83.2 cm³/mol. The number of nitrogens with one attached hydrogen (secondary N) is 2. The SMILES string of the molecule is CC(Nc1cc(NN)nc(C2CC2)n1)c1ccc(Cl)s1. The number of hydrazine groups is 1. The molecule has 0 amide bonds. The maximum absolute atomic E-state index is 5.97. The van der Waals surface area contributed by atoms with Crippen LogP contribution < -0.4 is 16.6 Å². The largest absolute Gasteiger partial charge is 0.363 e. The highest BCUT2D eigenvalue weighted by molar-refractivity contribution is 7.16. The van der Waals surface area contributed by atoms with Gasteiger partial charge in [0.25, 0.3) is 0 Å². The average Bonchev–Trinajstić information content (AvgIpc) is 3.20. The third-order valence-electron chi connectivity index (χ3n) is 3.22. The molecule has 4 N–H and O–H groups in total. The quantitative estimate of drug-likeness (QED) is 0.582. The lowest BCUT2D eigenvalue weighted by atomic mass is 10.2. The van der Waals surface area contributed by atoms with E-state index in [1.54, 1.807) is 11.3 Å². The number of nitrogen functional groups attached to an aromatic ring is 1. The van der Waals surface area contributed by atoms with Crippen molar-refractivity contribution in [2.45, 2.75) is 31.7 Å². The Bertz CT molecular complexity index is 611. The van der Waals surface area contributed by atoms with E-state index in [9.17, 15) is 0 Å². The zero-order valence-electron chi connectivity index (χ0n) is 11.1. The van der Waals surface area contributed by atoms with Crippen LogP contribution in [0.4, 0.5) is 11.6 Å². The molecule has 7 heteroatoms. The molecule has 1 fully saturated rings. The molecular formula is C13H16ClN5S. The highest BCUT2D eigenvalue weighted by Crippen LogP contribution is 2.39. The third-order valence-corrected chi connectivity index (χ3v) is 4.63. The molecule has 0 bridgehead atoms. The van der Waals surface area contributed by atoms with Gasteiger partial charge in [-0.05, 0) is 31.9 Å². The van der Waals surface area contributed by atoms with E-state index in [1.807, 2.05) is 18.2 Å². The standard InChI is InChI=1S/C13H16ClN5S/c1-7(9-4-5-10(14)20-9)16-11-6-12(19-15)18-13(17-11)8-2-3-8/h4-8H,2-3,15H2,1H3,(H2,16,17,18,19). The van der Waals surface area contributed by atoms with E-state index in [1.165, 1.54) is 4.88 Å². The second-order valence-corrected chi connectivity index (χ2v) is 6.67. The van der Waals surface area contributed by atoms with Gasteiger partial charge in [-0.1, -0.05) is 11.6 Å². The maximum Gasteiger partial charge on any atom is 0.145 e. The van der Waals surface area contributed by atoms with E-state index in [0.717, 1.165) is 28.8 Å². The first-order valence-electron chi connectivity index (χ1n) is 6.53. The number of hydrogen-bond acceptors (Lipinski definition) is 6. The van der Waals surface area contributed by atoms with Crippen molar-refractivity contribution in [2.24, 2.45) is 5.84 Å². The topological polar surface area (TPSA) is 75.9 Å². The summed E-state index contributed by atoms with van der Waals surface area (Å²) < 4.78 is 0.791. The molecule has 1 atom stereocenters. The number of nitrogens with two attached hydrogens (primary N) is 1. The van der Waals surface area contributed by atoms with E-state index in [0.29, 0.717) is 11.7 Å². The van der Waals surface area contributed by atoms with Crippen LogP contribution in [0.5, 0.6) is 0 Å². The van der Waals surface area contributed by atoms with Crippen molar-refractivity contribution in [3.05, 3.63) is 33.2 Å². The number of nitrogens with zero attached hydrogens (tertiary/aromatic N) is 2. The second-order valence-electron chi connectivity index (χ2n) is 4.92. The first-order chi connectivity index (χ1) is 9.65. The summed E-state index contributed by atoms with van der Waals surface area (Å²) in [5.74, 6) is 8.24. The monoisotopic (exact) mass is 309 g/mol. The zero-order chi connectivity index (χ0) is 14.1. The molecule has 1 saturated carbocycles. The fourth-order valence-electron chi connectivity index (χ4n) is 1.99. The Morgan fingerprint density at radius 3 is 2.70 bits per heavy atom. The molecule has 0 aliphatic heterocycles. The number of aromatic nitrogens is 2. The molecule has 1 aliphatic carbocycles. The molecule has 1 unspecified atom stereocenters. The number of hydrogen-bond donors (Lipinski definition) is 3. The Balaban J connectivity index is 1.80. The van der Waals surface area contributed by atoms with Crippen LogP contribution in [0.1, 0.15) is 42.4 Å². The minimum Gasteiger partial charge on any atom is -0.363 e. The Hall–Kier alpha value is -1.37. The maximum atomic E-state index is 5.97. The van der Waals surface area contributed by atoms with Gasteiger partial charge in [0, 0.05) is 16.9 Å². The van der Waals surface area contributed by atoms with Crippen molar-refractivity contribution in [2.75, 3.05) is 10.7 Å². The summed E-state index contributed by atoms with van der Waals surface area (Å²) in [6, 6.07) is 5.88.